The van der Waals surface area contributed by atoms with Crippen molar-refractivity contribution in [2.45, 2.75) is 4.90 Å². The van der Waals surface area contributed by atoms with Crippen LogP contribution in [0, 0.1) is 0 Å². The highest BCUT2D eigenvalue weighted by atomic mass is 79.9. The third-order valence-corrected chi connectivity index (χ3v) is 6.67. The lowest BCUT2D eigenvalue weighted by atomic mass is 10.4. The van der Waals surface area contributed by atoms with Gasteiger partial charge in [0.1, 0.15) is 9.50 Å². The molecule has 0 aliphatic rings. The van der Waals surface area contributed by atoms with Gasteiger partial charge in [0.15, 0.2) is 0 Å². The molecule has 0 fully saturated rings. The minimum absolute atomic E-state index is 0.190. The van der Waals surface area contributed by atoms with Crippen LogP contribution in [0.2, 0.25) is 0 Å². The number of sulfonamides is 1. The molecule has 0 spiro atoms. The van der Waals surface area contributed by atoms with Crippen molar-refractivity contribution in [2.24, 2.45) is 0 Å². The Kier molecular flexibility index (Phi) is 4.48. The molecule has 0 aromatic carbocycles. The summed E-state index contributed by atoms with van der Waals surface area (Å²) in [5.41, 5.74) is 0.395. The van der Waals surface area contributed by atoms with Gasteiger partial charge in [-0.05, 0) is 66.0 Å². The minimum atomic E-state index is -3.63. The first kappa shape index (κ1) is 14.4. The van der Waals surface area contributed by atoms with Crippen LogP contribution in [0.15, 0.2) is 41.5 Å². The zero-order valence-corrected chi connectivity index (χ0v) is 14.9. The number of anilines is 1. The van der Waals surface area contributed by atoms with E-state index >= 15 is 0 Å². The van der Waals surface area contributed by atoms with Crippen LogP contribution in [0.4, 0.5) is 5.69 Å². The normalized spacial score (nSPS) is 11.5. The van der Waals surface area contributed by atoms with E-state index in [2.05, 4.69) is 57.5 Å². The summed E-state index contributed by atoms with van der Waals surface area (Å²) in [6.07, 6.45) is 1.57. The Labute approximate surface area is 133 Å². The Morgan fingerprint density at radius 3 is 2.56 bits per heavy atom. The maximum atomic E-state index is 12.2. The molecule has 2 rings (SSSR count). The molecule has 0 saturated heterocycles. The first-order valence-corrected chi connectivity index (χ1v) is 9.16. The van der Waals surface area contributed by atoms with Gasteiger partial charge < -0.3 is 0 Å². The molecular weight excluding hydrogens is 472 g/mol. The zero-order valence-electron chi connectivity index (χ0n) is 8.52. The monoisotopic (exact) mass is 474 g/mol. The van der Waals surface area contributed by atoms with Crippen molar-refractivity contribution in [1.29, 1.82) is 0 Å². The molecule has 0 bridgehead atoms. The molecule has 2 heterocycles. The summed E-state index contributed by atoms with van der Waals surface area (Å²) < 4.78 is 28.6. The van der Waals surface area contributed by atoms with Gasteiger partial charge in [-0.1, -0.05) is 0 Å². The second-order valence-corrected chi connectivity index (χ2v) is 9.29. The number of hydrogen-bond acceptors (Lipinski definition) is 4. The average Bonchev–Trinajstić information content (AvgIpc) is 2.62. The summed E-state index contributed by atoms with van der Waals surface area (Å²) in [5, 5.41) is 0. The van der Waals surface area contributed by atoms with E-state index in [1.807, 2.05) is 0 Å². The molecule has 0 saturated carbocycles. The van der Waals surface area contributed by atoms with E-state index in [1.54, 1.807) is 24.4 Å². The summed E-state index contributed by atoms with van der Waals surface area (Å²) in [6, 6.07) is 4.83. The number of rotatable bonds is 3. The van der Waals surface area contributed by atoms with Gasteiger partial charge in [0.05, 0.1) is 13.3 Å². The van der Waals surface area contributed by atoms with Crippen LogP contribution >= 0.6 is 59.1 Å². The van der Waals surface area contributed by atoms with Crippen LogP contribution in [0.3, 0.4) is 0 Å². The summed E-state index contributed by atoms with van der Waals surface area (Å²) >= 11 is 11.0. The van der Waals surface area contributed by atoms with Crippen LogP contribution < -0.4 is 4.72 Å². The summed E-state index contributed by atoms with van der Waals surface area (Å²) in [6.45, 7) is 0. The van der Waals surface area contributed by atoms with E-state index in [0.717, 1.165) is 3.79 Å². The Bertz CT molecular complexity index is 685. The van der Waals surface area contributed by atoms with Gasteiger partial charge in [-0.2, -0.15) is 0 Å². The first-order valence-electron chi connectivity index (χ1n) is 4.48. The maximum absolute atomic E-state index is 12.2. The third-order valence-electron chi connectivity index (χ3n) is 1.92. The van der Waals surface area contributed by atoms with Gasteiger partial charge in [-0.25, -0.2) is 13.4 Å². The molecule has 0 amide bonds. The van der Waals surface area contributed by atoms with Crippen LogP contribution in [0.5, 0.6) is 0 Å². The van der Waals surface area contributed by atoms with Crippen LogP contribution in [-0.2, 0) is 10.0 Å². The number of nitrogens with one attached hydrogen (secondary N) is 1. The molecule has 96 valence electrons. The third kappa shape index (κ3) is 3.13. The molecule has 2 aromatic rings. The molecule has 0 atom stereocenters. The SMILES string of the molecule is O=S(=O)(Nc1cccnc1Br)c1cc(Br)sc1Br. The highest BCUT2D eigenvalue weighted by Crippen LogP contribution is 2.36. The summed E-state index contributed by atoms with van der Waals surface area (Å²) in [4.78, 5) is 4.15. The van der Waals surface area contributed by atoms with Crippen molar-refractivity contribution < 1.29 is 8.42 Å². The lowest BCUT2D eigenvalue weighted by Crippen LogP contribution is -2.13. The van der Waals surface area contributed by atoms with Gasteiger partial charge in [0.2, 0.25) is 0 Å². The quantitative estimate of drug-likeness (QED) is 0.674. The fraction of sp³-hybridized carbons (Fsp3) is 0. The summed E-state index contributed by atoms with van der Waals surface area (Å²) in [5.74, 6) is 0. The smallest absolute Gasteiger partial charge is 0.264 e. The van der Waals surface area contributed by atoms with Gasteiger partial charge >= 0.3 is 0 Å². The molecule has 0 unspecified atom stereocenters. The lowest BCUT2D eigenvalue weighted by Gasteiger charge is -2.07. The van der Waals surface area contributed by atoms with Crippen molar-refractivity contribution in [3.05, 3.63) is 36.6 Å². The Hall–Kier alpha value is 0.0400. The second kappa shape index (κ2) is 5.58. The standard InChI is InChI=1S/C9H5Br3N2O2S2/c10-7-4-6(9(12)17-7)18(15,16)14-5-2-1-3-13-8(5)11/h1-4,14H. The zero-order chi connectivity index (χ0) is 13.3. The number of nitrogens with zero attached hydrogens (tertiary/aromatic N) is 1. The molecule has 0 aliphatic carbocycles. The highest BCUT2D eigenvalue weighted by molar-refractivity contribution is 9.12. The van der Waals surface area contributed by atoms with Crippen LogP contribution in [-0.4, -0.2) is 13.4 Å². The number of halogens is 3. The molecule has 0 radical (unpaired) electrons. The number of aromatic nitrogens is 1. The van der Waals surface area contributed by atoms with Crippen LogP contribution in [0.1, 0.15) is 0 Å². The maximum Gasteiger partial charge on any atom is 0.264 e. The molecule has 18 heavy (non-hydrogen) atoms. The molecule has 0 aliphatic heterocycles. The van der Waals surface area contributed by atoms with Gasteiger partial charge in [0, 0.05) is 6.20 Å². The van der Waals surface area contributed by atoms with Crippen LogP contribution in [0.25, 0.3) is 0 Å². The van der Waals surface area contributed by atoms with Crippen molar-refractivity contribution in [3.63, 3.8) is 0 Å². The fourth-order valence-electron chi connectivity index (χ4n) is 1.17. The number of pyridine rings is 1. The number of thiophene rings is 1. The van der Waals surface area contributed by atoms with E-state index in [1.165, 1.54) is 11.3 Å². The Morgan fingerprint density at radius 2 is 2.00 bits per heavy atom. The largest absolute Gasteiger partial charge is 0.277 e. The van der Waals surface area contributed by atoms with Gasteiger partial charge in [0.25, 0.3) is 10.0 Å². The van der Waals surface area contributed by atoms with E-state index < -0.39 is 10.0 Å². The second-order valence-electron chi connectivity index (χ2n) is 3.14. The van der Waals surface area contributed by atoms with Crippen molar-refractivity contribution in [1.82, 2.24) is 4.98 Å². The molecule has 2 aromatic heterocycles. The average molecular weight is 477 g/mol. The first-order chi connectivity index (χ1) is 8.40. The topological polar surface area (TPSA) is 59.1 Å². The van der Waals surface area contributed by atoms with Gasteiger partial charge in [-0.15, -0.1) is 11.3 Å². The Morgan fingerprint density at radius 1 is 1.28 bits per heavy atom. The molecule has 4 nitrogen and oxygen atoms in total. The highest BCUT2D eigenvalue weighted by Gasteiger charge is 2.21. The number of hydrogen-bond donors (Lipinski definition) is 1. The molecule has 9 heteroatoms. The van der Waals surface area contributed by atoms with E-state index in [0.29, 0.717) is 14.1 Å². The van der Waals surface area contributed by atoms with Crippen molar-refractivity contribution in [3.8, 4) is 0 Å². The van der Waals surface area contributed by atoms with E-state index in [-0.39, 0.29) is 4.90 Å². The van der Waals surface area contributed by atoms with E-state index in [4.69, 9.17) is 0 Å². The lowest BCUT2D eigenvalue weighted by molar-refractivity contribution is 0.601. The molecule has 1 N–H and O–H groups in total. The summed E-state index contributed by atoms with van der Waals surface area (Å²) in [7, 11) is -3.63. The predicted octanol–water partition coefficient (Wildman–Crippen LogP) is 4.23. The van der Waals surface area contributed by atoms with Gasteiger partial charge in [-0.3, -0.25) is 4.72 Å². The molecular formula is C9H5Br3N2O2S2. The minimum Gasteiger partial charge on any atom is -0.277 e. The fourth-order valence-corrected chi connectivity index (χ4v) is 6.53. The van der Waals surface area contributed by atoms with E-state index in [9.17, 15) is 8.42 Å². The Balaban J connectivity index is 2.40. The van der Waals surface area contributed by atoms with Crippen molar-refractivity contribution in [2.75, 3.05) is 4.72 Å². The van der Waals surface area contributed by atoms with Crippen molar-refractivity contribution >= 4 is 74.8 Å². The predicted molar refractivity (Wildman–Crippen MR) is 82.5 cm³/mol.